The highest BCUT2D eigenvalue weighted by molar-refractivity contribution is 4.40. The molecule has 0 aromatic rings. The molecule has 0 unspecified atom stereocenters. The van der Waals surface area contributed by atoms with Gasteiger partial charge in [-0.25, -0.2) is 0 Å². The van der Waals surface area contributed by atoms with Gasteiger partial charge in [-0.05, 0) is 5.92 Å². The first-order valence-corrected chi connectivity index (χ1v) is 3.48. The summed E-state index contributed by atoms with van der Waals surface area (Å²) < 4.78 is 0.845. The molecule has 9 heavy (non-hydrogen) atoms. The predicted octanol–water partition coefficient (Wildman–Crippen LogP) is 0.853. The first kappa shape index (κ1) is 8.92. The molecule has 0 amide bonds. The SMILES string of the molecule is CC(C)CN[N+](C)(C)C. The molecule has 1 N–H and O–H groups in total. The maximum Gasteiger partial charge on any atom is 0.0853 e. The van der Waals surface area contributed by atoms with E-state index in [1.54, 1.807) is 0 Å². The van der Waals surface area contributed by atoms with Gasteiger partial charge in [-0.2, -0.15) is 5.43 Å². The summed E-state index contributed by atoms with van der Waals surface area (Å²) in [5, 5.41) is 0. The van der Waals surface area contributed by atoms with Gasteiger partial charge >= 0.3 is 0 Å². The summed E-state index contributed by atoms with van der Waals surface area (Å²) in [4.78, 5) is 0. The third-order valence-electron chi connectivity index (χ3n) is 0.974. The zero-order chi connectivity index (χ0) is 7.49. The van der Waals surface area contributed by atoms with Crippen LogP contribution in [0.4, 0.5) is 0 Å². The van der Waals surface area contributed by atoms with Crippen LogP contribution in [-0.4, -0.2) is 32.3 Å². The molecule has 2 nitrogen and oxygen atoms in total. The maximum absolute atomic E-state index is 3.36. The van der Waals surface area contributed by atoms with Crippen molar-refractivity contribution in [3.8, 4) is 0 Å². The lowest BCUT2D eigenvalue weighted by Gasteiger charge is -2.24. The van der Waals surface area contributed by atoms with E-state index in [0.717, 1.165) is 17.1 Å². The van der Waals surface area contributed by atoms with Crippen LogP contribution in [-0.2, 0) is 0 Å². The lowest BCUT2D eigenvalue weighted by molar-refractivity contribution is -0.915. The van der Waals surface area contributed by atoms with Crippen molar-refractivity contribution in [1.29, 1.82) is 0 Å². The van der Waals surface area contributed by atoms with E-state index in [2.05, 4.69) is 40.4 Å². The third kappa shape index (κ3) is 7.92. The fourth-order valence-corrected chi connectivity index (χ4v) is 0.456. The molecule has 56 valence electrons. The van der Waals surface area contributed by atoms with Gasteiger partial charge in [0.1, 0.15) is 0 Å². The Balaban J connectivity index is 3.28. The van der Waals surface area contributed by atoms with E-state index in [-0.39, 0.29) is 0 Å². The van der Waals surface area contributed by atoms with E-state index in [0.29, 0.717) is 0 Å². The summed E-state index contributed by atoms with van der Waals surface area (Å²) >= 11 is 0. The van der Waals surface area contributed by atoms with Crippen molar-refractivity contribution >= 4 is 0 Å². The van der Waals surface area contributed by atoms with Crippen molar-refractivity contribution in [1.82, 2.24) is 5.43 Å². The lowest BCUT2D eigenvalue weighted by atomic mass is 10.2. The number of rotatable bonds is 3. The van der Waals surface area contributed by atoms with Gasteiger partial charge in [0, 0.05) is 6.54 Å². The van der Waals surface area contributed by atoms with Gasteiger partial charge < -0.3 is 0 Å². The van der Waals surface area contributed by atoms with Crippen LogP contribution in [0.15, 0.2) is 0 Å². The molecular formula is C7H19N2+. The quantitative estimate of drug-likeness (QED) is 0.442. The molecule has 0 aliphatic heterocycles. The van der Waals surface area contributed by atoms with Crippen molar-refractivity contribution in [2.24, 2.45) is 5.92 Å². The van der Waals surface area contributed by atoms with Crippen LogP contribution in [0.1, 0.15) is 13.8 Å². The van der Waals surface area contributed by atoms with E-state index < -0.39 is 0 Å². The highest BCUT2D eigenvalue weighted by Crippen LogP contribution is 1.89. The van der Waals surface area contributed by atoms with Gasteiger partial charge in [-0.3, -0.25) is 4.59 Å². The van der Waals surface area contributed by atoms with E-state index in [9.17, 15) is 0 Å². The molecule has 0 atom stereocenters. The highest BCUT2D eigenvalue weighted by atomic mass is 15.6. The largest absolute Gasteiger partial charge is 0.253 e. The molecule has 0 saturated carbocycles. The Hall–Kier alpha value is -0.0800. The smallest absolute Gasteiger partial charge is 0.0853 e. The molecule has 0 aliphatic carbocycles. The molecule has 2 heteroatoms. The molecule has 0 spiro atoms. The first-order chi connectivity index (χ1) is 3.92. The minimum absolute atomic E-state index is 0.738. The van der Waals surface area contributed by atoms with Gasteiger partial charge in [0.15, 0.2) is 0 Å². The number of quaternary nitrogens is 1. The molecule has 0 radical (unpaired) electrons. The van der Waals surface area contributed by atoms with Gasteiger partial charge in [-0.1, -0.05) is 13.8 Å². The van der Waals surface area contributed by atoms with Gasteiger partial charge in [0.2, 0.25) is 0 Å². The number of hydrogen-bond donors (Lipinski definition) is 1. The minimum atomic E-state index is 0.738. The average molecular weight is 131 g/mol. The minimum Gasteiger partial charge on any atom is -0.253 e. The van der Waals surface area contributed by atoms with Crippen LogP contribution < -0.4 is 5.43 Å². The maximum atomic E-state index is 3.36. The third-order valence-corrected chi connectivity index (χ3v) is 0.974. The monoisotopic (exact) mass is 131 g/mol. The molecule has 0 heterocycles. The molecule has 0 rings (SSSR count). The summed E-state index contributed by atoms with van der Waals surface area (Å²) in [5.74, 6) is 0.738. The Labute approximate surface area is 58.4 Å². The fourth-order valence-electron chi connectivity index (χ4n) is 0.456. The van der Waals surface area contributed by atoms with E-state index in [4.69, 9.17) is 0 Å². The summed E-state index contributed by atoms with van der Waals surface area (Å²) in [6.07, 6.45) is 0. The standard InChI is InChI=1S/C7H19N2/c1-7(2)6-8-9(3,4)5/h7-8H,6H2,1-5H3/q+1. The van der Waals surface area contributed by atoms with Gasteiger partial charge in [0.25, 0.3) is 0 Å². The lowest BCUT2D eigenvalue weighted by Crippen LogP contribution is -2.49. The van der Waals surface area contributed by atoms with Crippen LogP contribution in [0.5, 0.6) is 0 Å². The first-order valence-electron chi connectivity index (χ1n) is 3.48. The molecule has 0 bridgehead atoms. The average Bonchev–Trinajstić information content (AvgIpc) is 1.59. The van der Waals surface area contributed by atoms with Crippen molar-refractivity contribution in [2.45, 2.75) is 13.8 Å². The van der Waals surface area contributed by atoms with E-state index >= 15 is 0 Å². The Kier molecular flexibility index (Phi) is 3.15. The van der Waals surface area contributed by atoms with Crippen molar-refractivity contribution in [3.63, 3.8) is 0 Å². The van der Waals surface area contributed by atoms with Gasteiger partial charge in [0.05, 0.1) is 21.1 Å². The van der Waals surface area contributed by atoms with Crippen molar-refractivity contribution < 1.29 is 4.59 Å². The van der Waals surface area contributed by atoms with Crippen LogP contribution in [0.25, 0.3) is 0 Å². The van der Waals surface area contributed by atoms with Gasteiger partial charge in [-0.15, -0.1) is 0 Å². The van der Waals surface area contributed by atoms with Crippen LogP contribution in [0.3, 0.4) is 0 Å². The molecular weight excluding hydrogens is 112 g/mol. The topological polar surface area (TPSA) is 12.0 Å². The molecule has 0 aromatic heterocycles. The Morgan fingerprint density at radius 2 is 1.67 bits per heavy atom. The van der Waals surface area contributed by atoms with Crippen LogP contribution >= 0.6 is 0 Å². The summed E-state index contributed by atoms with van der Waals surface area (Å²) in [6, 6.07) is 0. The van der Waals surface area contributed by atoms with Crippen molar-refractivity contribution in [2.75, 3.05) is 27.7 Å². The number of hydrogen-bond acceptors (Lipinski definition) is 1. The molecule has 0 aromatic carbocycles. The molecule has 0 saturated heterocycles. The zero-order valence-electron chi connectivity index (χ0n) is 7.23. The second-order valence-electron chi connectivity index (χ2n) is 3.77. The summed E-state index contributed by atoms with van der Waals surface area (Å²) in [5.41, 5.74) is 3.36. The summed E-state index contributed by atoms with van der Waals surface area (Å²) in [7, 11) is 6.38. The van der Waals surface area contributed by atoms with E-state index in [1.807, 2.05) is 0 Å². The normalized spacial score (nSPS) is 12.7. The fraction of sp³-hybridized carbons (Fsp3) is 1.00. The van der Waals surface area contributed by atoms with Crippen LogP contribution in [0, 0.1) is 5.92 Å². The van der Waals surface area contributed by atoms with Crippen LogP contribution in [0.2, 0.25) is 0 Å². The molecule has 0 fully saturated rings. The second kappa shape index (κ2) is 3.18. The predicted molar refractivity (Wildman–Crippen MR) is 40.9 cm³/mol. The number of nitrogens with one attached hydrogen (secondary N) is 1. The zero-order valence-corrected chi connectivity index (χ0v) is 7.23. The van der Waals surface area contributed by atoms with Crippen molar-refractivity contribution in [3.05, 3.63) is 0 Å². The van der Waals surface area contributed by atoms with E-state index in [1.165, 1.54) is 0 Å². The second-order valence-corrected chi connectivity index (χ2v) is 3.77. The Bertz CT molecular complexity index is 71.5. The Morgan fingerprint density at radius 1 is 1.22 bits per heavy atom. The highest BCUT2D eigenvalue weighted by Gasteiger charge is 2.05. The Morgan fingerprint density at radius 3 is 1.78 bits per heavy atom. The summed E-state index contributed by atoms with van der Waals surface area (Å²) in [6.45, 7) is 5.51. The number of nitrogens with zero attached hydrogens (tertiary/aromatic N) is 1. The molecule has 0 aliphatic rings.